The number of ether oxygens (including phenoxy) is 1. The van der Waals surface area contributed by atoms with E-state index < -0.39 is 0 Å². The molecule has 1 heterocycles. The highest BCUT2D eigenvalue weighted by Gasteiger charge is 2.12. The SMILES string of the molecule is COc1ccc2c(c1)c(CCC=O)cn2C(=S)Nc1ccccc1. The number of methoxy groups -OCH3 is 1. The fraction of sp³-hybridized carbons (Fsp3) is 0.158. The molecular weight excluding hydrogens is 320 g/mol. The normalized spacial score (nSPS) is 10.5. The minimum Gasteiger partial charge on any atom is -0.497 e. The van der Waals surface area contributed by atoms with Crippen molar-refractivity contribution in [1.29, 1.82) is 0 Å². The summed E-state index contributed by atoms with van der Waals surface area (Å²) >= 11 is 5.57. The number of aldehydes is 1. The second-order valence-corrected chi connectivity index (χ2v) is 5.80. The minimum absolute atomic E-state index is 0.481. The van der Waals surface area contributed by atoms with Gasteiger partial charge in [0.15, 0.2) is 5.11 Å². The molecule has 0 bridgehead atoms. The number of carbonyl (C=O) groups is 1. The summed E-state index contributed by atoms with van der Waals surface area (Å²) in [5.74, 6) is 0.787. The number of hydrogen-bond acceptors (Lipinski definition) is 3. The Kier molecular flexibility index (Phi) is 4.91. The van der Waals surface area contributed by atoms with Crippen LogP contribution in [0.3, 0.4) is 0 Å². The van der Waals surface area contributed by atoms with Crippen LogP contribution in [-0.2, 0) is 11.2 Å². The Balaban J connectivity index is 2.00. The van der Waals surface area contributed by atoms with Crippen molar-refractivity contribution in [1.82, 2.24) is 4.57 Å². The van der Waals surface area contributed by atoms with Gasteiger partial charge in [0.1, 0.15) is 12.0 Å². The lowest BCUT2D eigenvalue weighted by molar-refractivity contribution is -0.107. The lowest BCUT2D eigenvalue weighted by atomic mass is 10.1. The summed E-state index contributed by atoms with van der Waals surface area (Å²) in [4.78, 5) is 10.7. The molecule has 0 unspecified atom stereocenters. The molecule has 0 saturated heterocycles. The second-order valence-electron chi connectivity index (χ2n) is 5.41. The van der Waals surface area contributed by atoms with Gasteiger partial charge in [0.2, 0.25) is 0 Å². The first-order valence-electron chi connectivity index (χ1n) is 7.71. The van der Waals surface area contributed by atoms with Crippen LogP contribution in [0.5, 0.6) is 5.75 Å². The van der Waals surface area contributed by atoms with E-state index in [0.717, 1.165) is 34.2 Å². The Labute approximate surface area is 146 Å². The van der Waals surface area contributed by atoms with E-state index in [9.17, 15) is 4.79 Å². The number of anilines is 1. The Bertz CT molecular complexity index is 872. The van der Waals surface area contributed by atoms with Crippen molar-refractivity contribution in [2.75, 3.05) is 12.4 Å². The number of nitrogens with one attached hydrogen (secondary N) is 1. The highest BCUT2D eigenvalue weighted by molar-refractivity contribution is 7.80. The van der Waals surface area contributed by atoms with E-state index in [1.807, 2.05) is 59.3 Å². The first-order chi connectivity index (χ1) is 11.7. The van der Waals surface area contributed by atoms with Gasteiger partial charge in [-0.25, -0.2) is 0 Å². The molecule has 3 aromatic rings. The average molecular weight is 338 g/mol. The molecule has 0 saturated carbocycles. The molecule has 122 valence electrons. The number of rotatable bonds is 5. The third kappa shape index (κ3) is 3.31. The summed E-state index contributed by atoms with van der Waals surface area (Å²) in [6.45, 7) is 0. The second kappa shape index (κ2) is 7.27. The Morgan fingerprint density at radius 1 is 1.25 bits per heavy atom. The molecule has 3 rings (SSSR count). The van der Waals surface area contributed by atoms with E-state index >= 15 is 0 Å². The third-order valence-corrected chi connectivity index (χ3v) is 4.17. The van der Waals surface area contributed by atoms with Crippen LogP contribution in [0.4, 0.5) is 5.69 Å². The van der Waals surface area contributed by atoms with Gasteiger partial charge in [0.05, 0.1) is 12.6 Å². The van der Waals surface area contributed by atoms with Crippen LogP contribution in [0.25, 0.3) is 10.9 Å². The van der Waals surface area contributed by atoms with Crippen LogP contribution < -0.4 is 10.1 Å². The van der Waals surface area contributed by atoms with Crippen molar-refractivity contribution in [2.24, 2.45) is 0 Å². The van der Waals surface area contributed by atoms with Crippen molar-refractivity contribution >= 4 is 40.2 Å². The molecule has 0 aliphatic heterocycles. The highest BCUT2D eigenvalue weighted by Crippen LogP contribution is 2.27. The number of benzene rings is 2. The Morgan fingerprint density at radius 2 is 2.04 bits per heavy atom. The van der Waals surface area contributed by atoms with Gasteiger partial charge in [-0.1, -0.05) is 18.2 Å². The van der Waals surface area contributed by atoms with E-state index in [1.165, 1.54) is 0 Å². The van der Waals surface area contributed by atoms with Gasteiger partial charge in [0, 0.05) is 23.7 Å². The zero-order valence-corrected chi connectivity index (χ0v) is 14.2. The molecule has 0 aliphatic rings. The van der Waals surface area contributed by atoms with Crippen molar-refractivity contribution in [3.8, 4) is 5.75 Å². The van der Waals surface area contributed by atoms with Crippen molar-refractivity contribution in [3.63, 3.8) is 0 Å². The zero-order chi connectivity index (χ0) is 16.9. The molecule has 0 amide bonds. The van der Waals surface area contributed by atoms with Gasteiger partial charge in [-0.05, 0) is 54.5 Å². The molecule has 1 aromatic heterocycles. The number of nitrogens with zero attached hydrogens (tertiary/aromatic N) is 1. The minimum atomic E-state index is 0.481. The zero-order valence-electron chi connectivity index (χ0n) is 13.4. The van der Waals surface area contributed by atoms with Gasteiger partial charge < -0.3 is 14.8 Å². The van der Waals surface area contributed by atoms with Crippen LogP contribution in [0, 0.1) is 0 Å². The van der Waals surface area contributed by atoms with Crippen molar-refractivity contribution < 1.29 is 9.53 Å². The van der Waals surface area contributed by atoms with Crippen LogP contribution in [-0.4, -0.2) is 23.1 Å². The number of thiocarbonyl (C=S) groups is 1. The molecule has 0 spiro atoms. The molecule has 5 heteroatoms. The quantitative estimate of drug-likeness (QED) is 0.563. The number of fused-ring (bicyclic) bond motifs is 1. The number of aryl methyl sites for hydroxylation is 1. The number of carbonyl (C=O) groups excluding carboxylic acids is 1. The van der Waals surface area contributed by atoms with E-state index in [-0.39, 0.29) is 0 Å². The molecule has 0 fully saturated rings. The summed E-state index contributed by atoms with van der Waals surface area (Å²) in [7, 11) is 1.64. The molecule has 2 aromatic carbocycles. The first-order valence-corrected chi connectivity index (χ1v) is 8.12. The molecule has 4 nitrogen and oxygen atoms in total. The summed E-state index contributed by atoms with van der Waals surface area (Å²) in [6, 6.07) is 15.7. The van der Waals surface area contributed by atoms with Gasteiger partial charge in [-0.2, -0.15) is 0 Å². The van der Waals surface area contributed by atoms with Gasteiger partial charge >= 0.3 is 0 Å². The van der Waals surface area contributed by atoms with Crippen molar-refractivity contribution in [2.45, 2.75) is 12.8 Å². The smallest absolute Gasteiger partial charge is 0.182 e. The monoisotopic (exact) mass is 338 g/mol. The Morgan fingerprint density at radius 3 is 2.75 bits per heavy atom. The van der Waals surface area contributed by atoms with Crippen LogP contribution in [0.15, 0.2) is 54.7 Å². The van der Waals surface area contributed by atoms with Gasteiger partial charge in [-0.3, -0.25) is 4.57 Å². The maximum Gasteiger partial charge on any atom is 0.182 e. The molecular formula is C19H18N2O2S. The summed E-state index contributed by atoms with van der Waals surface area (Å²) < 4.78 is 7.26. The molecule has 0 aliphatic carbocycles. The Hall–Kier alpha value is -2.66. The van der Waals surface area contributed by atoms with E-state index in [2.05, 4.69) is 5.32 Å². The highest BCUT2D eigenvalue weighted by atomic mass is 32.1. The topological polar surface area (TPSA) is 43.3 Å². The fourth-order valence-corrected chi connectivity index (χ4v) is 2.96. The number of hydrogen-bond donors (Lipinski definition) is 1. The summed E-state index contributed by atoms with van der Waals surface area (Å²) in [5.41, 5.74) is 3.01. The third-order valence-electron chi connectivity index (χ3n) is 3.87. The van der Waals surface area contributed by atoms with Gasteiger partial charge in [-0.15, -0.1) is 0 Å². The average Bonchev–Trinajstić information content (AvgIpc) is 2.98. The van der Waals surface area contributed by atoms with E-state index in [4.69, 9.17) is 17.0 Å². The van der Waals surface area contributed by atoms with E-state index in [1.54, 1.807) is 7.11 Å². The standard InChI is InChI=1S/C19H18N2O2S/c1-23-16-9-10-18-17(12-16)14(6-5-11-22)13-21(18)19(24)20-15-7-3-2-4-8-15/h2-4,7-13H,5-6H2,1H3,(H,20,24). The van der Waals surface area contributed by atoms with Crippen LogP contribution in [0.2, 0.25) is 0 Å². The summed E-state index contributed by atoms with van der Waals surface area (Å²) in [6.07, 6.45) is 4.08. The summed E-state index contributed by atoms with van der Waals surface area (Å²) in [5, 5.41) is 4.88. The molecule has 24 heavy (non-hydrogen) atoms. The van der Waals surface area contributed by atoms with E-state index in [0.29, 0.717) is 18.0 Å². The van der Waals surface area contributed by atoms with Crippen molar-refractivity contribution in [3.05, 3.63) is 60.3 Å². The maximum absolute atomic E-state index is 10.7. The first kappa shape index (κ1) is 16.2. The number of para-hydroxylation sites is 1. The fourth-order valence-electron chi connectivity index (χ4n) is 2.69. The molecule has 0 radical (unpaired) electrons. The predicted molar refractivity (Wildman–Crippen MR) is 101 cm³/mol. The lowest BCUT2D eigenvalue weighted by Crippen LogP contribution is -2.18. The lowest BCUT2D eigenvalue weighted by Gasteiger charge is -2.10. The van der Waals surface area contributed by atoms with Gasteiger partial charge in [0.25, 0.3) is 0 Å². The number of aromatic nitrogens is 1. The van der Waals surface area contributed by atoms with Crippen LogP contribution >= 0.6 is 12.2 Å². The van der Waals surface area contributed by atoms with Crippen LogP contribution in [0.1, 0.15) is 12.0 Å². The predicted octanol–water partition coefficient (Wildman–Crippen LogP) is 4.03. The molecule has 0 atom stereocenters. The molecule has 1 N–H and O–H groups in total. The largest absolute Gasteiger partial charge is 0.497 e. The maximum atomic E-state index is 10.7.